The number of carboxylic acids is 1. The number of hydrogen-bond acceptors (Lipinski definition) is 4. The van der Waals surface area contributed by atoms with E-state index < -0.39 is 22.0 Å². The summed E-state index contributed by atoms with van der Waals surface area (Å²) in [5.41, 5.74) is 0. The second kappa shape index (κ2) is 5.08. The number of carboxylic acid groups (broad SMARTS) is 1. The molecule has 3 atom stereocenters. The van der Waals surface area contributed by atoms with Crippen LogP contribution in [0.25, 0.3) is 0 Å². The van der Waals surface area contributed by atoms with E-state index in [0.29, 0.717) is 11.0 Å². The molecule has 0 amide bonds. The Morgan fingerprint density at radius 1 is 1.45 bits per heavy atom. The number of rotatable bonds is 3. The summed E-state index contributed by atoms with van der Waals surface area (Å²) < 4.78 is 27.3. The van der Waals surface area contributed by atoms with Crippen molar-refractivity contribution in [2.24, 2.45) is 11.8 Å². The summed E-state index contributed by atoms with van der Waals surface area (Å²) in [5, 5.41) is 11.1. The first kappa shape index (κ1) is 14.5. The largest absolute Gasteiger partial charge is 0.480 e. The Hall–Kier alpha value is -0.440. The number of nitrogens with zero attached hydrogens (tertiary/aromatic N) is 1. The van der Waals surface area contributed by atoms with Gasteiger partial charge in [0, 0.05) is 11.0 Å². The van der Waals surface area contributed by atoms with Gasteiger partial charge in [0.1, 0.15) is 10.3 Å². The lowest BCUT2D eigenvalue weighted by Gasteiger charge is -2.23. The van der Waals surface area contributed by atoms with Gasteiger partial charge >= 0.3 is 5.97 Å². The van der Waals surface area contributed by atoms with Crippen molar-refractivity contribution in [1.82, 2.24) is 4.31 Å². The molecule has 2 heterocycles. The zero-order valence-corrected chi connectivity index (χ0v) is 13.7. The Balaban J connectivity index is 2.01. The van der Waals surface area contributed by atoms with E-state index in [1.807, 2.05) is 0 Å². The standard InChI is InChI=1S/C12H14BrNO4S2/c13-9-4-5-19-12(9)20(17,18)14-6-7-2-1-3-8(7)10(14)11(15)16/h4-5,7-8,10H,1-3,6H2,(H,15,16). The van der Waals surface area contributed by atoms with E-state index >= 15 is 0 Å². The highest BCUT2D eigenvalue weighted by molar-refractivity contribution is 9.10. The zero-order valence-electron chi connectivity index (χ0n) is 10.5. The average Bonchev–Trinajstić information content (AvgIpc) is 3.00. The summed E-state index contributed by atoms with van der Waals surface area (Å²) in [6.07, 6.45) is 2.72. The van der Waals surface area contributed by atoms with E-state index in [9.17, 15) is 18.3 Å². The zero-order chi connectivity index (χ0) is 14.5. The van der Waals surface area contributed by atoms with E-state index in [2.05, 4.69) is 15.9 Å². The van der Waals surface area contributed by atoms with Gasteiger partial charge in [-0.25, -0.2) is 8.42 Å². The lowest BCUT2D eigenvalue weighted by atomic mass is 9.94. The highest BCUT2D eigenvalue weighted by Gasteiger charge is 2.52. The maximum Gasteiger partial charge on any atom is 0.322 e. The van der Waals surface area contributed by atoms with Crippen LogP contribution < -0.4 is 0 Å². The molecule has 1 saturated carbocycles. The Morgan fingerprint density at radius 3 is 2.80 bits per heavy atom. The van der Waals surface area contributed by atoms with Crippen LogP contribution in [0.1, 0.15) is 19.3 Å². The van der Waals surface area contributed by atoms with Gasteiger partial charge in [-0.3, -0.25) is 4.79 Å². The molecule has 3 rings (SSSR count). The van der Waals surface area contributed by atoms with Crippen LogP contribution in [0.4, 0.5) is 0 Å². The fourth-order valence-electron chi connectivity index (χ4n) is 3.39. The molecular weight excluding hydrogens is 366 g/mol. The molecule has 2 aliphatic rings. The van der Waals surface area contributed by atoms with Crippen molar-refractivity contribution in [2.75, 3.05) is 6.54 Å². The van der Waals surface area contributed by atoms with Gasteiger partial charge in [0.05, 0.1) is 0 Å². The lowest BCUT2D eigenvalue weighted by molar-refractivity contribution is -0.142. The second-order valence-corrected chi connectivity index (χ2v) is 9.12. The molecule has 2 fully saturated rings. The normalized spacial score (nSPS) is 30.6. The van der Waals surface area contributed by atoms with Gasteiger partial charge in [-0.05, 0) is 52.1 Å². The van der Waals surface area contributed by atoms with E-state index in [0.717, 1.165) is 30.6 Å². The van der Waals surface area contributed by atoms with Gasteiger partial charge in [0.2, 0.25) is 0 Å². The van der Waals surface area contributed by atoms with Crippen molar-refractivity contribution in [2.45, 2.75) is 29.5 Å². The van der Waals surface area contributed by atoms with Crippen LogP contribution in [0, 0.1) is 11.8 Å². The third-order valence-corrected chi connectivity index (χ3v) is 8.72. The third-order valence-electron chi connectivity index (χ3n) is 4.23. The van der Waals surface area contributed by atoms with Gasteiger partial charge < -0.3 is 5.11 Å². The van der Waals surface area contributed by atoms with Crippen LogP contribution in [-0.2, 0) is 14.8 Å². The summed E-state index contributed by atoms with van der Waals surface area (Å²) in [5.74, 6) is -0.888. The quantitative estimate of drug-likeness (QED) is 0.874. The molecule has 1 aliphatic heterocycles. The average molecular weight is 380 g/mol. The smallest absolute Gasteiger partial charge is 0.322 e. The topological polar surface area (TPSA) is 74.7 Å². The van der Waals surface area contributed by atoms with E-state index in [1.165, 1.54) is 4.31 Å². The Kier molecular flexibility index (Phi) is 3.68. The molecule has 20 heavy (non-hydrogen) atoms. The van der Waals surface area contributed by atoms with Crippen molar-refractivity contribution in [1.29, 1.82) is 0 Å². The molecule has 1 N–H and O–H groups in total. The summed E-state index contributed by atoms with van der Waals surface area (Å²) in [6.45, 7) is 0.328. The number of thiophene rings is 1. The number of fused-ring (bicyclic) bond motifs is 1. The molecule has 1 aromatic rings. The number of halogens is 1. The van der Waals surface area contributed by atoms with Gasteiger partial charge in [-0.15, -0.1) is 11.3 Å². The Morgan fingerprint density at radius 2 is 2.20 bits per heavy atom. The Labute approximate surface area is 129 Å². The molecule has 1 aromatic heterocycles. The van der Waals surface area contributed by atoms with Crippen LogP contribution in [0.15, 0.2) is 20.1 Å². The first-order valence-corrected chi connectivity index (χ1v) is 9.52. The molecule has 5 nitrogen and oxygen atoms in total. The van der Waals surface area contributed by atoms with Gasteiger partial charge in [-0.1, -0.05) is 6.42 Å². The highest BCUT2D eigenvalue weighted by atomic mass is 79.9. The number of sulfonamides is 1. The number of carbonyl (C=O) groups is 1. The van der Waals surface area contributed by atoms with Crippen molar-refractivity contribution < 1.29 is 18.3 Å². The highest BCUT2D eigenvalue weighted by Crippen LogP contribution is 2.45. The number of aliphatic carboxylic acids is 1. The maximum atomic E-state index is 12.7. The van der Waals surface area contributed by atoms with Crippen LogP contribution in [-0.4, -0.2) is 36.4 Å². The lowest BCUT2D eigenvalue weighted by Crippen LogP contribution is -2.43. The minimum absolute atomic E-state index is 0.0407. The van der Waals surface area contributed by atoms with Crippen LogP contribution in [0.3, 0.4) is 0 Å². The minimum Gasteiger partial charge on any atom is -0.480 e. The van der Waals surface area contributed by atoms with Crippen molar-refractivity contribution in [3.8, 4) is 0 Å². The number of hydrogen-bond donors (Lipinski definition) is 1. The van der Waals surface area contributed by atoms with Crippen molar-refractivity contribution in [3.05, 3.63) is 15.9 Å². The molecule has 0 spiro atoms. The predicted molar refractivity (Wildman–Crippen MR) is 78.2 cm³/mol. The maximum absolute atomic E-state index is 12.7. The SMILES string of the molecule is O=C(O)C1C2CCCC2CN1S(=O)(=O)c1sccc1Br. The van der Waals surface area contributed by atoms with Crippen LogP contribution in [0.5, 0.6) is 0 Å². The third kappa shape index (κ3) is 2.13. The first-order chi connectivity index (χ1) is 9.43. The van der Waals surface area contributed by atoms with Crippen LogP contribution in [0.2, 0.25) is 0 Å². The predicted octanol–water partition coefficient (Wildman–Crippen LogP) is 2.38. The molecule has 0 aromatic carbocycles. The fourth-order valence-corrected chi connectivity index (χ4v) is 7.50. The van der Waals surface area contributed by atoms with Crippen molar-refractivity contribution >= 4 is 43.3 Å². The molecular formula is C12H14BrNO4S2. The molecule has 110 valence electrons. The molecule has 0 bridgehead atoms. The molecule has 8 heteroatoms. The first-order valence-electron chi connectivity index (χ1n) is 6.40. The van der Waals surface area contributed by atoms with Crippen molar-refractivity contribution in [3.63, 3.8) is 0 Å². The summed E-state index contributed by atoms with van der Waals surface area (Å²) in [7, 11) is -3.74. The van der Waals surface area contributed by atoms with Gasteiger partial charge in [0.25, 0.3) is 10.0 Å². The second-order valence-electron chi connectivity index (χ2n) is 5.27. The minimum atomic E-state index is -3.74. The van der Waals surface area contributed by atoms with E-state index in [4.69, 9.17) is 0 Å². The fraction of sp³-hybridized carbons (Fsp3) is 0.583. The molecule has 1 saturated heterocycles. The summed E-state index contributed by atoms with van der Waals surface area (Å²) in [6, 6.07) is 0.756. The molecule has 0 radical (unpaired) electrons. The van der Waals surface area contributed by atoms with Crippen LogP contribution >= 0.6 is 27.3 Å². The van der Waals surface area contributed by atoms with Gasteiger partial charge in [-0.2, -0.15) is 4.31 Å². The Bertz CT molecular complexity index is 642. The summed E-state index contributed by atoms with van der Waals surface area (Å²) >= 11 is 4.34. The molecule has 3 unspecified atom stereocenters. The van der Waals surface area contributed by atoms with E-state index in [-0.39, 0.29) is 16.0 Å². The summed E-state index contributed by atoms with van der Waals surface area (Å²) in [4.78, 5) is 11.5. The molecule has 1 aliphatic carbocycles. The van der Waals surface area contributed by atoms with Gasteiger partial charge in [0.15, 0.2) is 0 Å². The van der Waals surface area contributed by atoms with E-state index in [1.54, 1.807) is 11.4 Å². The monoisotopic (exact) mass is 379 g/mol.